The quantitative estimate of drug-likeness (QED) is 0.941. The third-order valence-corrected chi connectivity index (χ3v) is 5.31. The number of nitrogens with one attached hydrogen (secondary N) is 1. The van der Waals surface area contributed by atoms with Crippen molar-refractivity contribution in [3.05, 3.63) is 48.2 Å². The highest BCUT2D eigenvalue weighted by Crippen LogP contribution is 2.26. The summed E-state index contributed by atoms with van der Waals surface area (Å²) in [4.78, 5) is 12.3. The van der Waals surface area contributed by atoms with Crippen LogP contribution in [0.25, 0.3) is 0 Å². The molecule has 0 radical (unpaired) electrons. The fraction of sp³-hybridized carbons (Fsp3) is 0.267. The molecule has 0 bridgehead atoms. The van der Waals surface area contributed by atoms with Crippen LogP contribution in [0.5, 0.6) is 0 Å². The predicted octanol–water partition coefficient (Wildman–Crippen LogP) is 2.39. The van der Waals surface area contributed by atoms with Crippen molar-refractivity contribution in [2.45, 2.75) is 35.3 Å². The molecule has 0 saturated heterocycles. The highest BCUT2D eigenvalue weighted by atomic mass is 32.2. The molecule has 0 unspecified atom stereocenters. The van der Waals surface area contributed by atoms with Gasteiger partial charge in [0.1, 0.15) is 0 Å². The summed E-state index contributed by atoms with van der Waals surface area (Å²) in [5.41, 5.74) is 0.0609. The fourth-order valence-corrected chi connectivity index (χ4v) is 3.56. The van der Waals surface area contributed by atoms with Crippen LogP contribution in [0.1, 0.15) is 29.6 Å². The summed E-state index contributed by atoms with van der Waals surface area (Å²) in [7, 11) is -3.82. The summed E-state index contributed by atoms with van der Waals surface area (Å²) >= 11 is 0. The van der Waals surface area contributed by atoms with E-state index in [2.05, 4.69) is 5.32 Å². The Morgan fingerprint density at radius 3 is 2.48 bits per heavy atom. The minimum atomic E-state index is -3.82. The maximum absolute atomic E-state index is 12.5. The Hall–Kier alpha value is -2.08. The molecule has 0 atom stereocenters. The van der Waals surface area contributed by atoms with Crippen molar-refractivity contribution in [2.24, 2.45) is 0 Å². The number of hydrogen-bond donors (Lipinski definition) is 1. The minimum Gasteiger partial charge on any atom is -0.452 e. The molecule has 1 N–H and O–H groups in total. The van der Waals surface area contributed by atoms with E-state index in [1.807, 2.05) is 0 Å². The van der Waals surface area contributed by atoms with Crippen LogP contribution in [0.15, 0.2) is 57.1 Å². The van der Waals surface area contributed by atoms with E-state index in [-0.39, 0.29) is 21.6 Å². The second-order valence-electron chi connectivity index (χ2n) is 5.04. The molecule has 0 spiro atoms. The molecular weight excluding hydrogens is 290 g/mol. The molecule has 1 aliphatic rings. The molecule has 1 heterocycles. The summed E-state index contributed by atoms with van der Waals surface area (Å²) in [5.74, 6) is -0.400. The van der Waals surface area contributed by atoms with Gasteiger partial charge in [0.15, 0.2) is 0 Å². The van der Waals surface area contributed by atoms with Gasteiger partial charge in [-0.25, -0.2) is 8.42 Å². The van der Waals surface area contributed by atoms with E-state index in [0.29, 0.717) is 0 Å². The van der Waals surface area contributed by atoms with Crippen LogP contribution in [-0.4, -0.2) is 20.4 Å². The van der Waals surface area contributed by atoms with Crippen LogP contribution in [0.3, 0.4) is 0 Å². The lowest BCUT2D eigenvalue weighted by atomic mass is 9.93. The fourth-order valence-electron chi connectivity index (χ4n) is 2.19. The molecule has 3 rings (SSSR count). The van der Waals surface area contributed by atoms with Gasteiger partial charge in [-0.15, -0.1) is 0 Å². The maximum Gasteiger partial charge on any atom is 0.256 e. The predicted molar refractivity (Wildman–Crippen MR) is 75.7 cm³/mol. The number of furan rings is 1. The molecule has 0 aliphatic heterocycles. The topological polar surface area (TPSA) is 76.4 Å². The van der Waals surface area contributed by atoms with Gasteiger partial charge in [-0.3, -0.25) is 4.79 Å². The summed E-state index contributed by atoms with van der Waals surface area (Å²) in [5, 5.41) is 2.52. The lowest BCUT2D eigenvalue weighted by molar-refractivity contribution is 0.0911. The number of amides is 1. The van der Waals surface area contributed by atoms with E-state index >= 15 is 0 Å². The number of sulfone groups is 1. The van der Waals surface area contributed by atoms with Crippen LogP contribution in [-0.2, 0) is 9.84 Å². The van der Waals surface area contributed by atoms with Crippen molar-refractivity contribution in [1.29, 1.82) is 0 Å². The lowest BCUT2D eigenvalue weighted by Crippen LogP contribution is -2.39. The molecule has 5 nitrogen and oxygen atoms in total. The largest absolute Gasteiger partial charge is 0.452 e. The SMILES string of the molecule is O=C(NC1CCC1)c1ccoc1S(=O)(=O)c1ccccc1. The van der Waals surface area contributed by atoms with Crippen molar-refractivity contribution in [2.75, 3.05) is 0 Å². The van der Waals surface area contributed by atoms with E-state index in [0.717, 1.165) is 19.3 Å². The highest BCUT2D eigenvalue weighted by molar-refractivity contribution is 7.91. The van der Waals surface area contributed by atoms with Crippen LogP contribution in [0.4, 0.5) is 0 Å². The van der Waals surface area contributed by atoms with Crippen molar-refractivity contribution in [3.63, 3.8) is 0 Å². The maximum atomic E-state index is 12.5. The Morgan fingerprint density at radius 2 is 1.86 bits per heavy atom. The average molecular weight is 305 g/mol. The zero-order chi connectivity index (χ0) is 14.9. The van der Waals surface area contributed by atoms with E-state index in [9.17, 15) is 13.2 Å². The Balaban J connectivity index is 1.93. The van der Waals surface area contributed by atoms with E-state index in [4.69, 9.17) is 4.42 Å². The average Bonchev–Trinajstić information content (AvgIpc) is 2.94. The standard InChI is InChI=1S/C15H15NO4S/c17-14(16-11-5-4-6-11)13-9-10-20-15(13)21(18,19)12-7-2-1-3-8-12/h1-3,7-11H,4-6H2,(H,16,17). The summed E-state index contributed by atoms with van der Waals surface area (Å²) in [6, 6.07) is 9.47. The van der Waals surface area contributed by atoms with E-state index < -0.39 is 15.7 Å². The van der Waals surface area contributed by atoms with Crippen molar-refractivity contribution >= 4 is 15.7 Å². The highest BCUT2D eigenvalue weighted by Gasteiger charge is 2.29. The molecule has 1 aromatic carbocycles. The third-order valence-electron chi connectivity index (χ3n) is 3.61. The molecule has 1 saturated carbocycles. The molecule has 1 amide bonds. The monoisotopic (exact) mass is 305 g/mol. The zero-order valence-electron chi connectivity index (χ0n) is 11.3. The Bertz CT molecular complexity index is 745. The normalized spacial score (nSPS) is 15.4. The van der Waals surface area contributed by atoms with Gasteiger partial charge < -0.3 is 9.73 Å². The second-order valence-corrected chi connectivity index (χ2v) is 6.89. The van der Waals surface area contributed by atoms with Gasteiger partial charge in [0, 0.05) is 6.04 Å². The van der Waals surface area contributed by atoms with Gasteiger partial charge in [0.25, 0.3) is 5.91 Å². The molecule has 1 aromatic heterocycles. The van der Waals surface area contributed by atoms with Gasteiger partial charge in [-0.2, -0.15) is 0 Å². The van der Waals surface area contributed by atoms with Gasteiger partial charge in [-0.1, -0.05) is 18.2 Å². The number of carbonyl (C=O) groups is 1. The van der Waals surface area contributed by atoms with E-state index in [1.54, 1.807) is 18.2 Å². The number of hydrogen-bond acceptors (Lipinski definition) is 4. The molecule has 6 heteroatoms. The van der Waals surface area contributed by atoms with Crippen LogP contribution in [0.2, 0.25) is 0 Å². The number of rotatable bonds is 4. The summed E-state index contributed by atoms with van der Waals surface area (Å²) in [6.45, 7) is 0. The van der Waals surface area contributed by atoms with Crippen LogP contribution >= 0.6 is 0 Å². The first-order chi connectivity index (χ1) is 10.1. The van der Waals surface area contributed by atoms with Gasteiger partial charge >= 0.3 is 0 Å². The van der Waals surface area contributed by atoms with Crippen LogP contribution < -0.4 is 5.32 Å². The van der Waals surface area contributed by atoms with Crippen molar-refractivity contribution < 1.29 is 17.6 Å². The lowest BCUT2D eigenvalue weighted by Gasteiger charge is -2.26. The van der Waals surface area contributed by atoms with Gasteiger partial charge in [0.05, 0.1) is 16.7 Å². The summed E-state index contributed by atoms with van der Waals surface area (Å²) in [6.07, 6.45) is 4.19. The van der Waals surface area contributed by atoms with Crippen LogP contribution in [0, 0.1) is 0 Å². The first kappa shape index (κ1) is 13.9. The molecular formula is C15H15NO4S. The molecule has 110 valence electrons. The Morgan fingerprint density at radius 1 is 1.14 bits per heavy atom. The smallest absolute Gasteiger partial charge is 0.256 e. The minimum absolute atomic E-state index is 0.0609. The summed E-state index contributed by atoms with van der Waals surface area (Å²) < 4.78 is 30.1. The second kappa shape index (κ2) is 5.37. The Labute approximate surface area is 122 Å². The van der Waals surface area contributed by atoms with Gasteiger partial charge in [-0.05, 0) is 37.5 Å². The zero-order valence-corrected chi connectivity index (χ0v) is 12.1. The third kappa shape index (κ3) is 2.58. The molecule has 1 aliphatic carbocycles. The van der Waals surface area contributed by atoms with E-state index in [1.165, 1.54) is 24.5 Å². The first-order valence-electron chi connectivity index (χ1n) is 6.77. The molecule has 1 fully saturated rings. The number of carbonyl (C=O) groups excluding carboxylic acids is 1. The first-order valence-corrected chi connectivity index (χ1v) is 8.26. The van der Waals surface area contributed by atoms with Gasteiger partial charge in [0.2, 0.25) is 14.9 Å². The number of benzene rings is 1. The molecule has 21 heavy (non-hydrogen) atoms. The van der Waals surface area contributed by atoms with Crippen molar-refractivity contribution in [1.82, 2.24) is 5.32 Å². The van der Waals surface area contributed by atoms with Crippen molar-refractivity contribution in [3.8, 4) is 0 Å². The Kier molecular flexibility index (Phi) is 3.55. The molecule has 2 aromatic rings.